The Morgan fingerprint density at radius 1 is 1.20 bits per heavy atom. The maximum absolute atomic E-state index is 12.6. The number of hydrogen-bond acceptors (Lipinski definition) is 3. The van der Waals surface area contributed by atoms with E-state index in [1.54, 1.807) is 0 Å². The fraction of sp³-hybridized carbons (Fsp3) is 0.562. The summed E-state index contributed by atoms with van der Waals surface area (Å²) in [5, 5.41) is 13.0. The number of anilines is 1. The maximum atomic E-state index is 12.6. The van der Waals surface area contributed by atoms with Crippen molar-refractivity contribution in [1.29, 1.82) is 0 Å². The van der Waals surface area contributed by atoms with Crippen LogP contribution in [0.1, 0.15) is 44.1 Å². The van der Waals surface area contributed by atoms with Crippen LogP contribution in [0.5, 0.6) is 0 Å². The van der Waals surface area contributed by atoms with Gasteiger partial charge in [-0.25, -0.2) is 0 Å². The Morgan fingerprint density at radius 2 is 1.85 bits per heavy atom. The highest BCUT2D eigenvalue weighted by Gasteiger charge is 2.51. The molecule has 2 saturated carbocycles. The van der Waals surface area contributed by atoms with Gasteiger partial charge < -0.3 is 16.2 Å². The van der Waals surface area contributed by atoms with Crippen LogP contribution in [0.15, 0.2) is 24.3 Å². The molecule has 1 aromatic carbocycles. The summed E-state index contributed by atoms with van der Waals surface area (Å²) in [5.74, 6) is 0.0632. The highest BCUT2D eigenvalue weighted by Crippen LogP contribution is 2.48. The molecule has 2 fully saturated rings. The van der Waals surface area contributed by atoms with Gasteiger partial charge in [0.2, 0.25) is 5.91 Å². The Labute approximate surface area is 119 Å². The van der Waals surface area contributed by atoms with Crippen LogP contribution in [0.3, 0.4) is 0 Å². The molecule has 0 saturated heterocycles. The van der Waals surface area contributed by atoms with Gasteiger partial charge in [-0.15, -0.1) is 0 Å². The molecule has 3 rings (SSSR count). The topological polar surface area (TPSA) is 75.4 Å². The minimum Gasteiger partial charge on any atom is -0.399 e. The molecular formula is C16H22N2O2. The van der Waals surface area contributed by atoms with Crippen LogP contribution in [-0.4, -0.2) is 23.2 Å². The van der Waals surface area contributed by atoms with Gasteiger partial charge in [-0.1, -0.05) is 25.0 Å². The second kappa shape index (κ2) is 5.09. The van der Waals surface area contributed by atoms with Gasteiger partial charge >= 0.3 is 0 Å². The number of nitrogen functional groups attached to an aromatic ring is 1. The number of aliphatic hydroxyl groups is 1. The van der Waals surface area contributed by atoms with E-state index >= 15 is 0 Å². The standard InChI is InChI=1S/C16H22N2O2/c17-12-7-5-11(6-8-12)16(9-10-16)15(20)18-13-3-1-2-4-14(13)19/h5-8,13-14,19H,1-4,9-10,17H2,(H,18,20)/t13-,14-/m1/s1. The van der Waals surface area contributed by atoms with Crippen molar-refractivity contribution in [3.63, 3.8) is 0 Å². The molecular weight excluding hydrogens is 252 g/mol. The van der Waals surface area contributed by atoms with Crippen molar-refractivity contribution in [2.24, 2.45) is 0 Å². The van der Waals surface area contributed by atoms with Gasteiger partial charge in [-0.05, 0) is 43.4 Å². The lowest BCUT2D eigenvalue weighted by atomic mass is 9.90. The summed E-state index contributed by atoms with van der Waals surface area (Å²) < 4.78 is 0. The zero-order chi connectivity index (χ0) is 14.2. The van der Waals surface area contributed by atoms with E-state index in [1.807, 2.05) is 24.3 Å². The normalized spacial score (nSPS) is 27.9. The van der Waals surface area contributed by atoms with Crippen LogP contribution in [0, 0.1) is 0 Å². The van der Waals surface area contributed by atoms with Crippen molar-refractivity contribution >= 4 is 11.6 Å². The molecule has 4 heteroatoms. The number of nitrogens with two attached hydrogens (primary N) is 1. The first-order chi connectivity index (χ1) is 9.62. The number of hydrogen-bond donors (Lipinski definition) is 3. The molecule has 4 nitrogen and oxygen atoms in total. The number of carbonyl (C=O) groups excluding carboxylic acids is 1. The minimum atomic E-state index is -0.394. The van der Waals surface area contributed by atoms with E-state index in [1.165, 1.54) is 0 Å². The third kappa shape index (κ3) is 2.40. The minimum absolute atomic E-state index is 0.0632. The van der Waals surface area contributed by atoms with Gasteiger partial charge in [0.05, 0.1) is 17.6 Å². The Morgan fingerprint density at radius 3 is 2.45 bits per heavy atom. The lowest BCUT2D eigenvalue weighted by Gasteiger charge is -2.30. The summed E-state index contributed by atoms with van der Waals surface area (Å²) in [6.07, 6.45) is 5.17. The third-order valence-corrected chi connectivity index (χ3v) is 4.69. The molecule has 108 valence electrons. The molecule has 0 radical (unpaired) electrons. The molecule has 0 spiro atoms. The molecule has 2 atom stereocenters. The van der Waals surface area contributed by atoms with Crippen molar-refractivity contribution in [3.05, 3.63) is 29.8 Å². The summed E-state index contributed by atoms with van der Waals surface area (Å²) in [7, 11) is 0. The van der Waals surface area contributed by atoms with Crippen LogP contribution in [0.4, 0.5) is 5.69 Å². The lowest BCUT2D eigenvalue weighted by molar-refractivity contribution is -0.125. The fourth-order valence-corrected chi connectivity index (χ4v) is 3.16. The maximum Gasteiger partial charge on any atom is 0.230 e. The number of aliphatic hydroxyl groups excluding tert-OH is 1. The fourth-order valence-electron chi connectivity index (χ4n) is 3.16. The van der Waals surface area contributed by atoms with Crippen molar-refractivity contribution in [1.82, 2.24) is 5.32 Å². The second-order valence-electron chi connectivity index (χ2n) is 6.14. The number of carbonyl (C=O) groups is 1. The van der Waals surface area contributed by atoms with Gasteiger partial charge in [-0.3, -0.25) is 4.79 Å². The summed E-state index contributed by atoms with van der Waals surface area (Å²) in [5.41, 5.74) is 7.07. The molecule has 0 bridgehead atoms. The average Bonchev–Trinajstić information content (AvgIpc) is 3.24. The molecule has 1 aromatic rings. The SMILES string of the molecule is Nc1ccc(C2(C(=O)N[C@@H]3CCCC[C@H]3O)CC2)cc1. The van der Waals surface area contributed by atoms with E-state index in [4.69, 9.17) is 5.73 Å². The van der Waals surface area contributed by atoms with E-state index in [9.17, 15) is 9.90 Å². The number of amides is 1. The van der Waals surface area contributed by atoms with Crippen LogP contribution in [-0.2, 0) is 10.2 Å². The molecule has 0 unspecified atom stereocenters. The van der Waals surface area contributed by atoms with E-state index < -0.39 is 6.10 Å². The Balaban J connectivity index is 1.71. The van der Waals surface area contributed by atoms with Crippen LogP contribution in [0.25, 0.3) is 0 Å². The number of rotatable bonds is 3. The summed E-state index contributed by atoms with van der Waals surface area (Å²) in [6, 6.07) is 7.50. The third-order valence-electron chi connectivity index (χ3n) is 4.69. The molecule has 2 aliphatic carbocycles. The van der Waals surface area contributed by atoms with E-state index in [-0.39, 0.29) is 17.4 Å². The first kappa shape index (κ1) is 13.4. The quantitative estimate of drug-likeness (QED) is 0.735. The highest BCUT2D eigenvalue weighted by atomic mass is 16.3. The monoisotopic (exact) mass is 274 g/mol. The number of nitrogens with one attached hydrogen (secondary N) is 1. The number of benzene rings is 1. The molecule has 4 N–H and O–H groups in total. The lowest BCUT2D eigenvalue weighted by Crippen LogP contribution is -2.48. The van der Waals surface area contributed by atoms with Gasteiger partial charge in [0.25, 0.3) is 0 Å². The van der Waals surface area contributed by atoms with Crippen LogP contribution in [0.2, 0.25) is 0 Å². The Hall–Kier alpha value is -1.55. The molecule has 2 aliphatic rings. The Bertz CT molecular complexity index is 494. The van der Waals surface area contributed by atoms with Gasteiger partial charge in [0.1, 0.15) is 0 Å². The van der Waals surface area contributed by atoms with E-state index in [2.05, 4.69) is 5.32 Å². The van der Waals surface area contributed by atoms with Crippen molar-refractivity contribution < 1.29 is 9.90 Å². The predicted molar refractivity (Wildman–Crippen MR) is 78.2 cm³/mol. The van der Waals surface area contributed by atoms with Crippen LogP contribution < -0.4 is 11.1 Å². The summed E-state index contributed by atoms with van der Waals surface area (Å²) in [4.78, 5) is 12.6. The summed E-state index contributed by atoms with van der Waals surface area (Å²) in [6.45, 7) is 0. The zero-order valence-corrected chi connectivity index (χ0v) is 11.6. The van der Waals surface area contributed by atoms with Gasteiger partial charge in [0, 0.05) is 5.69 Å². The first-order valence-corrected chi connectivity index (χ1v) is 7.47. The smallest absolute Gasteiger partial charge is 0.230 e. The molecule has 0 aromatic heterocycles. The second-order valence-corrected chi connectivity index (χ2v) is 6.14. The Kier molecular flexibility index (Phi) is 3.42. The van der Waals surface area contributed by atoms with E-state index in [0.29, 0.717) is 5.69 Å². The van der Waals surface area contributed by atoms with Crippen molar-refractivity contribution in [3.8, 4) is 0 Å². The van der Waals surface area contributed by atoms with Crippen molar-refractivity contribution in [2.75, 3.05) is 5.73 Å². The van der Waals surface area contributed by atoms with Crippen molar-refractivity contribution in [2.45, 2.75) is 56.1 Å². The van der Waals surface area contributed by atoms with Gasteiger partial charge in [0.15, 0.2) is 0 Å². The van der Waals surface area contributed by atoms with E-state index in [0.717, 1.165) is 44.1 Å². The molecule has 1 amide bonds. The largest absolute Gasteiger partial charge is 0.399 e. The predicted octanol–water partition coefficient (Wildman–Crippen LogP) is 1.72. The molecule has 20 heavy (non-hydrogen) atoms. The van der Waals surface area contributed by atoms with Crippen LogP contribution >= 0.6 is 0 Å². The highest BCUT2D eigenvalue weighted by molar-refractivity contribution is 5.91. The summed E-state index contributed by atoms with van der Waals surface area (Å²) >= 11 is 0. The molecule has 0 aliphatic heterocycles. The first-order valence-electron chi connectivity index (χ1n) is 7.47. The van der Waals surface area contributed by atoms with Gasteiger partial charge in [-0.2, -0.15) is 0 Å². The zero-order valence-electron chi connectivity index (χ0n) is 11.6. The average molecular weight is 274 g/mol. The molecule has 0 heterocycles.